The maximum absolute atomic E-state index is 12.9. The van der Waals surface area contributed by atoms with Gasteiger partial charge in [0.15, 0.2) is 0 Å². The van der Waals surface area contributed by atoms with Crippen LogP contribution in [0.2, 0.25) is 0 Å². The van der Waals surface area contributed by atoms with Gasteiger partial charge in [0.1, 0.15) is 0 Å². The van der Waals surface area contributed by atoms with Crippen molar-refractivity contribution in [3.63, 3.8) is 0 Å². The number of primary amides is 2. The lowest BCUT2D eigenvalue weighted by atomic mass is 9.79. The van der Waals surface area contributed by atoms with E-state index in [0.717, 1.165) is 19.3 Å². The van der Waals surface area contributed by atoms with E-state index in [0.29, 0.717) is 25.7 Å². The fourth-order valence-electron chi connectivity index (χ4n) is 4.85. The van der Waals surface area contributed by atoms with Gasteiger partial charge >= 0.3 is 0 Å². The summed E-state index contributed by atoms with van der Waals surface area (Å²) >= 11 is 0. The minimum Gasteiger partial charge on any atom is -0.369 e. The molecule has 0 heterocycles. The average molecular weight is 453 g/mol. The summed E-state index contributed by atoms with van der Waals surface area (Å²) in [5.41, 5.74) is 9.02. The van der Waals surface area contributed by atoms with Crippen molar-refractivity contribution in [2.75, 3.05) is 0 Å². The monoisotopic (exact) mass is 452 g/mol. The zero-order chi connectivity index (χ0) is 24.9. The van der Waals surface area contributed by atoms with E-state index in [1.54, 1.807) is 20.8 Å². The van der Waals surface area contributed by atoms with Gasteiger partial charge in [-0.15, -0.1) is 0 Å². The van der Waals surface area contributed by atoms with Gasteiger partial charge in [-0.05, 0) is 66.2 Å². The van der Waals surface area contributed by atoms with Crippen LogP contribution in [-0.2, 0) is 19.2 Å². The third-order valence-corrected chi connectivity index (χ3v) is 6.49. The van der Waals surface area contributed by atoms with E-state index in [9.17, 15) is 19.2 Å². The first kappa shape index (κ1) is 27.9. The maximum atomic E-state index is 12.9. The molecule has 3 atom stereocenters. The molecule has 1 aliphatic rings. The molecule has 1 saturated carbocycles. The Morgan fingerprint density at radius 1 is 0.812 bits per heavy atom. The Balaban J connectivity index is 2.66. The Kier molecular flexibility index (Phi) is 9.30. The lowest BCUT2D eigenvalue weighted by molar-refractivity contribution is -0.131. The lowest BCUT2D eigenvalue weighted by Crippen LogP contribution is -2.50. The Hall–Kier alpha value is -2.12. The summed E-state index contributed by atoms with van der Waals surface area (Å²) < 4.78 is 0. The molecule has 3 unspecified atom stereocenters. The molecule has 0 aromatic heterocycles. The molecule has 0 aromatic rings. The van der Waals surface area contributed by atoms with Crippen LogP contribution < -0.4 is 22.1 Å². The van der Waals surface area contributed by atoms with Crippen LogP contribution in [0.15, 0.2) is 0 Å². The van der Waals surface area contributed by atoms with Crippen molar-refractivity contribution < 1.29 is 19.2 Å². The van der Waals surface area contributed by atoms with Gasteiger partial charge in [-0.25, -0.2) is 0 Å². The standard InChI is InChI=1S/C24H44N4O4/c1-15(18(25)29)13-23(4,5)27-19(30)16-9-8-10-17(12-11-16)20(31)28-24(6,7)14-22(2,3)21(26)32/h15-17H,8-14H2,1-7H3,(H2,25,29)(H2,26,32)(H,27,30)(H,28,31). The van der Waals surface area contributed by atoms with Crippen LogP contribution in [0, 0.1) is 23.2 Å². The van der Waals surface area contributed by atoms with Gasteiger partial charge in [-0.3, -0.25) is 19.2 Å². The van der Waals surface area contributed by atoms with Crippen molar-refractivity contribution in [1.29, 1.82) is 0 Å². The Morgan fingerprint density at radius 3 is 1.66 bits per heavy atom. The molecular formula is C24H44N4O4. The molecule has 0 aromatic carbocycles. The molecule has 1 aliphatic carbocycles. The highest BCUT2D eigenvalue weighted by atomic mass is 16.2. The minimum absolute atomic E-state index is 0.0312. The Labute approximate surface area is 193 Å². The molecule has 0 bridgehead atoms. The largest absolute Gasteiger partial charge is 0.369 e. The highest BCUT2D eigenvalue weighted by Crippen LogP contribution is 2.31. The van der Waals surface area contributed by atoms with Crippen molar-refractivity contribution in [2.45, 2.75) is 104 Å². The van der Waals surface area contributed by atoms with Crippen LogP contribution in [0.25, 0.3) is 0 Å². The first-order valence-corrected chi connectivity index (χ1v) is 11.7. The first-order chi connectivity index (χ1) is 14.5. The molecule has 4 amide bonds. The van der Waals surface area contributed by atoms with E-state index in [4.69, 9.17) is 11.5 Å². The highest BCUT2D eigenvalue weighted by molar-refractivity contribution is 5.82. The molecule has 8 heteroatoms. The number of nitrogens with two attached hydrogens (primary N) is 2. The van der Waals surface area contributed by atoms with E-state index in [2.05, 4.69) is 10.6 Å². The van der Waals surface area contributed by atoms with Crippen molar-refractivity contribution in [2.24, 2.45) is 34.6 Å². The predicted octanol–water partition coefficient (Wildman–Crippen LogP) is 2.39. The third-order valence-electron chi connectivity index (χ3n) is 6.49. The van der Waals surface area contributed by atoms with Crippen LogP contribution in [0.3, 0.4) is 0 Å². The van der Waals surface area contributed by atoms with Crippen molar-refractivity contribution in [1.82, 2.24) is 10.6 Å². The summed E-state index contributed by atoms with van der Waals surface area (Å²) in [5.74, 6) is -1.47. The Morgan fingerprint density at radius 2 is 1.25 bits per heavy atom. The fourth-order valence-corrected chi connectivity index (χ4v) is 4.85. The molecule has 0 radical (unpaired) electrons. The number of rotatable bonds is 10. The second-order valence-electron chi connectivity index (χ2n) is 11.6. The molecule has 6 N–H and O–H groups in total. The highest BCUT2D eigenvalue weighted by Gasteiger charge is 2.36. The number of amides is 4. The van der Waals surface area contributed by atoms with E-state index >= 15 is 0 Å². The average Bonchev–Trinajstić information content (AvgIpc) is 2.85. The summed E-state index contributed by atoms with van der Waals surface area (Å²) in [5, 5.41) is 6.16. The number of carbonyl (C=O) groups is 4. The second kappa shape index (κ2) is 10.7. The summed E-state index contributed by atoms with van der Waals surface area (Å²) in [6, 6.07) is 0. The second-order valence-corrected chi connectivity index (χ2v) is 11.6. The van der Waals surface area contributed by atoms with E-state index < -0.39 is 22.4 Å². The van der Waals surface area contributed by atoms with Crippen LogP contribution in [0.1, 0.15) is 93.4 Å². The molecule has 0 aliphatic heterocycles. The van der Waals surface area contributed by atoms with Crippen molar-refractivity contribution in [3.8, 4) is 0 Å². The molecule has 1 fully saturated rings. The quantitative estimate of drug-likeness (QED) is 0.377. The molecule has 0 spiro atoms. The topological polar surface area (TPSA) is 144 Å². The van der Waals surface area contributed by atoms with E-state index in [-0.39, 0.29) is 35.5 Å². The molecule has 32 heavy (non-hydrogen) atoms. The smallest absolute Gasteiger partial charge is 0.223 e. The normalized spacial score (nSPS) is 21.2. The van der Waals surface area contributed by atoms with Crippen LogP contribution in [0.4, 0.5) is 0 Å². The molecule has 184 valence electrons. The zero-order valence-corrected chi connectivity index (χ0v) is 21.0. The SMILES string of the molecule is CC(CC(C)(C)NC(=O)C1CCCC(C(=O)NC(C)(C)CC(C)(C)C(N)=O)CC1)C(N)=O. The summed E-state index contributed by atoms with van der Waals surface area (Å²) in [6.45, 7) is 12.9. The molecular weight excluding hydrogens is 408 g/mol. The van der Waals surface area contributed by atoms with Gasteiger partial charge in [-0.2, -0.15) is 0 Å². The number of hydrogen-bond acceptors (Lipinski definition) is 4. The van der Waals surface area contributed by atoms with E-state index in [1.807, 2.05) is 27.7 Å². The van der Waals surface area contributed by atoms with Gasteiger partial charge in [0.2, 0.25) is 23.6 Å². The van der Waals surface area contributed by atoms with Gasteiger partial charge in [-0.1, -0.05) is 27.2 Å². The van der Waals surface area contributed by atoms with Crippen LogP contribution in [0.5, 0.6) is 0 Å². The van der Waals surface area contributed by atoms with Crippen LogP contribution >= 0.6 is 0 Å². The number of nitrogens with one attached hydrogen (secondary N) is 2. The number of hydrogen-bond donors (Lipinski definition) is 4. The van der Waals surface area contributed by atoms with Crippen molar-refractivity contribution in [3.05, 3.63) is 0 Å². The first-order valence-electron chi connectivity index (χ1n) is 11.7. The fraction of sp³-hybridized carbons (Fsp3) is 0.833. The third kappa shape index (κ3) is 8.79. The zero-order valence-electron chi connectivity index (χ0n) is 21.0. The maximum Gasteiger partial charge on any atom is 0.223 e. The van der Waals surface area contributed by atoms with Gasteiger partial charge in [0.25, 0.3) is 0 Å². The van der Waals surface area contributed by atoms with Gasteiger partial charge in [0.05, 0.1) is 0 Å². The number of carbonyl (C=O) groups excluding carboxylic acids is 4. The summed E-state index contributed by atoms with van der Waals surface area (Å²) in [6.07, 6.45) is 4.44. The summed E-state index contributed by atoms with van der Waals surface area (Å²) in [4.78, 5) is 48.9. The predicted molar refractivity (Wildman–Crippen MR) is 125 cm³/mol. The molecule has 8 nitrogen and oxygen atoms in total. The van der Waals surface area contributed by atoms with Crippen LogP contribution in [-0.4, -0.2) is 34.7 Å². The minimum atomic E-state index is -0.720. The molecule has 1 rings (SSSR count). The molecule has 0 saturated heterocycles. The van der Waals surface area contributed by atoms with Crippen molar-refractivity contribution >= 4 is 23.6 Å². The lowest BCUT2D eigenvalue weighted by Gasteiger charge is -2.34. The van der Waals surface area contributed by atoms with Gasteiger partial charge < -0.3 is 22.1 Å². The Bertz CT molecular complexity index is 715. The van der Waals surface area contributed by atoms with Gasteiger partial charge in [0, 0.05) is 34.2 Å². The van der Waals surface area contributed by atoms with E-state index in [1.165, 1.54) is 0 Å². The summed E-state index contributed by atoms with van der Waals surface area (Å²) in [7, 11) is 0.